The summed E-state index contributed by atoms with van der Waals surface area (Å²) in [6.45, 7) is 2.66. The van der Waals surface area contributed by atoms with Crippen LogP contribution in [0.15, 0.2) is 6.07 Å². The maximum Gasteiger partial charge on any atom is 0.342 e. The zero-order chi connectivity index (χ0) is 11.7. The first-order chi connectivity index (χ1) is 6.86. The van der Waals surface area contributed by atoms with E-state index in [-0.39, 0.29) is 22.5 Å². The minimum atomic E-state index is -1.32. The summed E-state index contributed by atoms with van der Waals surface area (Å²) < 4.78 is 0.312. The van der Waals surface area contributed by atoms with E-state index >= 15 is 0 Å². The molecule has 1 aromatic rings. The van der Waals surface area contributed by atoms with Crippen molar-refractivity contribution >= 4 is 11.9 Å². The Balaban J connectivity index is 3.59. The number of aromatic nitrogens is 1. The fraction of sp³-hybridized carbons (Fsp3) is 0.222. The van der Waals surface area contributed by atoms with Crippen molar-refractivity contribution < 1.29 is 24.5 Å². The summed E-state index contributed by atoms with van der Waals surface area (Å²) >= 11 is 0. The number of aromatic carboxylic acids is 2. The van der Waals surface area contributed by atoms with Crippen LogP contribution in [0.5, 0.6) is 0 Å². The number of hydrogen-bond donors (Lipinski definition) is 2. The highest BCUT2D eigenvalue weighted by Crippen LogP contribution is 2.10. The Kier molecular flexibility index (Phi) is 2.61. The Morgan fingerprint density at radius 3 is 1.73 bits per heavy atom. The lowest BCUT2D eigenvalue weighted by atomic mass is 10.1. The van der Waals surface area contributed by atoms with Gasteiger partial charge in [0.05, 0.1) is 0 Å². The monoisotopic (exact) mass is 211 g/mol. The second kappa shape index (κ2) is 3.56. The van der Waals surface area contributed by atoms with Crippen molar-refractivity contribution in [3.05, 3.63) is 33.8 Å². The molecule has 0 bridgehead atoms. The topological polar surface area (TPSA) is 102 Å². The van der Waals surface area contributed by atoms with Gasteiger partial charge in [0.15, 0.2) is 0 Å². The highest BCUT2D eigenvalue weighted by atomic mass is 16.5. The number of carboxylic acids is 2. The quantitative estimate of drug-likeness (QED) is 0.542. The molecule has 0 aliphatic heterocycles. The summed E-state index contributed by atoms with van der Waals surface area (Å²) in [5.41, 5.74) is -0.643. The number of hydrogen-bond acceptors (Lipinski definition) is 3. The van der Waals surface area contributed by atoms with E-state index in [4.69, 9.17) is 10.2 Å². The summed E-state index contributed by atoms with van der Waals surface area (Å²) in [4.78, 5) is 21.4. The predicted molar refractivity (Wildman–Crippen MR) is 48.8 cm³/mol. The summed E-state index contributed by atoms with van der Waals surface area (Å²) in [6, 6.07) is 0.990. The predicted octanol–water partition coefficient (Wildman–Crippen LogP) is 0.333. The third-order valence-corrected chi connectivity index (χ3v) is 2.14. The fourth-order valence-corrected chi connectivity index (χ4v) is 1.26. The van der Waals surface area contributed by atoms with E-state index in [1.165, 1.54) is 13.8 Å². The number of carboxylic acid groups (broad SMARTS) is 2. The van der Waals surface area contributed by atoms with Gasteiger partial charge in [0.2, 0.25) is 11.4 Å². The molecule has 80 valence electrons. The van der Waals surface area contributed by atoms with Gasteiger partial charge in [-0.1, -0.05) is 0 Å². The number of nitrogens with zero attached hydrogens (tertiary/aromatic N) is 1. The van der Waals surface area contributed by atoms with Crippen molar-refractivity contribution in [3.63, 3.8) is 0 Å². The van der Waals surface area contributed by atoms with Crippen LogP contribution in [0.3, 0.4) is 0 Å². The van der Waals surface area contributed by atoms with Crippen molar-refractivity contribution in [2.45, 2.75) is 13.8 Å². The lowest BCUT2D eigenvalue weighted by Gasteiger charge is -2.08. The normalized spacial score (nSPS) is 10.0. The van der Waals surface area contributed by atoms with Gasteiger partial charge in [-0.2, -0.15) is 4.73 Å². The van der Waals surface area contributed by atoms with E-state index in [2.05, 4.69) is 0 Å². The molecule has 0 saturated heterocycles. The van der Waals surface area contributed by atoms with Crippen LogP contribution in [0.1, 0.15) is 32.1 Å². The Labute approximate surface area is 85.0 Å². The molecule has 2 N–H and O–H groups in total. The zero-order valence-corrected chi connectivity index (χ0v) is 8.14. The SMILES string of the molecule is Cc1c(C(=O)O)cc(C(=O)O)c(C)[n+]1[O-]. The van der Waals surface area contributed by atoms with Crippen LogP contribution in [0.4, 0.5) is 0 Å². The van der Waals surface area contributed by atoms with E-state index in [9.17, 15) is 14.8 Å². The molecule has 0 radical (unpaired) electrons. The molecule has 1 rings (SSSR count). The number of rotatable bonds is 2. The van der Waals surface area contributed by atoms with Gasteiger partial charge in [0, 0.05) is 13.8 Å². The minimum Gasteiger partial charge on any atom is -0.618 e. The van der Waals surface area contributed by atoms with Gasteiger partial charge >= 0.3 is 11.9 Å². The van der Waals surface area contributed by atoms with Gasteiger partial charge in [0.1, 0.15) is 11.1 Å². The van der Waals surface area contributed by atoms with E-state index in [0.29, 0.717) is 4.73 Å². The summed E-state index contributed by atoms with van der Waals surface area (Å²) in [5.74, 6) is -2.64. The highest BCUT2D eigenvalue weighted by molar-refractivity contribution is 5.94. The molecule has 0 atom stereocenters. The van der Waals surface area contributed by atoms with E-state index in [1.54, 1.807) is 0 Å². The largest absolute Gasteiger partial charge is 0.618 e. The van der Waals surface area contributed by atoms with Crippen molar-refractivity contribution in [2.24, 2.45) is 0 Å². The molecule has 0 fully saturated rings. The number of pyridine rings is 1. The molecule has 0 aliphatic rings. The molecular formula is C9H9NO5. The lowest BCUT2D eigenvalue weighted by Crippen LogP contribution is -2.37. The maximum absolute atomic E-state index is 11.4. The Morgan fingerprint density at radius 2 is 1.47 bits per heavy atom. The maximum atomic E-state index is 11.4. The Morgan fingerprint density at radius 1 is 1.13 bits per heavy atom. The molecule has 0 amide bonds. The fourth-order valence-electron chi connectivity index (χ4n) is 1.26. The minimum absolute atomic E-state index is 0.0231. The first kappa shape index (κ1) is 11.0. The summed E-state index contributed by atoms with van der Waals surface area (Å²) in [6.07, 6.45) is 0. The van der Waals surface area contributed by atoms with Crippen LogP contribution in [0, 0.1) is 19.1 Å². The third kappa shape index (κ3) is 1.74. The molecule has 0 aromatic carbocycles. The van der Waals surface area contributed by atoms with Crippen molar-refractivity contribution in [1.29, 1.82) is 0 Å². The molecule has 0 saturated carbocycles. The molecule has 1 heterocycles. The van der Waals surface area contributed by atoms with Gasteiger partial charge in [-0.25, -0.2) is 9.59 Å². The van der Waals surface area contributed by atoms with Crippen LogP contribution in [0.2, 0.25) is 0 Å². The molecule has 6 nitrogen and oxygen atoms in total. The second-order valence-electron chi connectivity index (χ2n) is 3.05. The van der Waals surface area contributed by atoms with Crippen LogP contribution in [-0.4, -0.2) is 22.2 Å². The molecule has 0 aliphatic carbocycles. The summed E-state index contributed by atoms with van der Waals surface area (Å²) in [5, 5.41) is 28.9. The molecular weight excluding hydrogens is 202 g/mol. The van der Waals surface area contributed by atoms with Gasteiger partial charge in [-0.05, 0) is 6.07 Å². The Bertz CT molecular complexity index is 414. The third-order valence-electron chi connectivity index (χ3n) is 2.14. The highest BCUT2D eigenvalue weighted by Gasteiger charge is 2.23. The van der Waals surface area contributed by atoms with Gasteiger partial charge < -0.3 is 15.4 Å². The zero-order valence-electron chi connectivity index (χ0n) is 8.14. The molecule has 6 heteroatoms. The van der Waals surface area contributed by atoms with E-state index in [0.717, 1.165) is 6.07 Å². The molecule has 1 aromatic heterocycles. The average Bonchev–Trinajstić information content (AvgIpc) is 2.13. The van der Waals surface area contributed by atoms with Crippen molar-refractivity contribution in [2.75, 3.05) is 0 Å². The van der Waals surface area contributed by atoms with Crippen molar-refractivity contribution in [3.8, 4) is 0 Å². The first-order valence-electron chi connectivity index (χ1n) is 4.06. The van der Waals surface area contributed by atoms with Crippen molar-refractivity contribution in [1.82, 2.24) is 0 Å². The Hall–Kier alpha value is -2.11. The van der Waals surface area contributed by atoms with Crippen LogP contribution in [0.25, 0.3) is 0 Å². The number of carbonyl (C=O) groups is 2. The second-order valence-corrected chi connectivity index (χ2v) is 3.05. The van der Waals surface area contributed by atoms with Crippen LogP contribution >= 0.6 is 0 Å². The average molecular weight is 211 g/mol. The molecule has 15 heavy (non-hydrogen) atoms. The smallest absolute Gasteiger partial charge is 0.342 e. The van der Waals surface area contributed by atoms with Gasteiger partial charge in [-0.3, -0.25) is 0 Å². The molecule has 0 unspecified atom stereocenters. The van der Waals surface area contributed by atoms with Crippen LogP contribution in [-0.2, 0) is 0 Å². The van der Waals surface area contributed by atoms with Gasteiger partial charge in [0.25, 0.3) is 0 Å². The summed E-state index contributed by atoms with van der Waals surface area (Å²) in [7, 11) is 0. The van der Waals surface area contributed by atoms with E-state index in [1.807, 2.05) is 0 Å². The lowest BCUT2D eigenvalue weighted by molar-refractivity contribution is -0.619. The molecule has 0 spiro atoms. The van der Waals surface area contributed by atoms with Crippen LogP contribution < -0.4 is 4.73 Å². The van der Waals surface area contributed by atoms with Gasteiger partial charge in [-0.15, -0.1) is 0 Å². The first-order valence-corrected chi connectivity index (χ1v) is 4.06. The standard InChI is InChI=1S/C9H9NO5/c1-4-6(8(11)12)3-7(9(13)14)5(2)10(4)15/h3H,1-2H3,(H,11,12)(H,13,14). The van der Waals surface area contributed by atoms with E-state index < -0.39 is 11.9 Å².